The van der Waals surface area contributed by atoms with Crippen LogP contribution in [0, 0.1) is 29.1 Å². The quantitative estimate of drug-likeness (QED) is 0.570. The van der Waals surface area contributed by atoms with Crippen molar-refractivity contribution in [1.29, 1.82) is 0 Å². The summed E-state index contributed by atoms with van der Waals surface area (Å²) in [7, 11) is 0. The van der Waals surface area contributed by atoms with Crippen LogP contribution in [0.15, 0.2) is 0 Å². The second-order valence-corrected chi connectivity index (χ2v) is 5.94. The van der Waals surface area contributed by atoms with Crippen molar-refractivity contribution in [2.75, 3.05) is 0 Å². The molecule has 0 amide bonds. The lowest BCUT2D eigenvalue weighted by atomic mass is 9.80. The zero-order chi connectivity index (χ0) is 11.6. The van der Waals surface area contributed by atoms with E-state index in [0.29, 0.717) is 5.41 Å². The molecule has 15 heavy (non-hydrogen) atoms. The van der Waals surface area contributed by atoms with E-state index in [-0.39, 0.29) is 0 Å². The molecule has 0 aromatic heterocycles. The third-order valence-electron chi connectivity index (χ3n) is 5.04. The van der Waals surface area contributed by atoms with Crippen molar-refractivity contribution in [2.24, 2.45) is 29.1 Å². The van der Waals surface area contributed by atoms with Gasteiger partial charge in [0.15, 0.2) is 0 Å². The minimum absolute atomic E-state index is 0.707. The number of hydrogen-bond donors (Lipinski definition) is 0. The monoisotopic (exact) mass is 210 g/mol. The lowest BCUT2D eigenvalue weighted by molar-refractivity contribution is 0.239. The Morgan fingerprint density at radius 3 is 1.93 bits per heavy atom. The molecule has 1 aliphatic rings. The highest BCUT2D eigenvalue weighted by Gasteiger charge is 2.64. The van der Waals surface area contributed by atoms with E-state index >= 15 is 0 Å². The fourth-order valence-electron chi connectivity index (χ4n) is 4.53. The molecule has 0 heterocycles. The predicted molar refractivity (Wildman–Crippen MR) is 68.9 cm³/mol. The van der Waals surface area contributed by atoms with E-state index in [1.165, 1.54) is 25.7 Å². The second-order valence-electron chi connectivity index (χ2n) is 5.94. The summed E-state index contributed by atoms with van der Waals surface area (Å²) < 4.78 is 0. The van der Waals surface area contributed by atoms with Gasteiger partial charge in [0, 0.05) is 0 Å². The Morgan fingerprint density at radius 1 is 1.07 bits per heavy atom. The summed E-state index contributed by atoms with van der Waals surface area (Å²) in [5.41, 5.74) is 0.707. The summed E-state index contributed by atoms with van der Waals surface area (Å²) in [6.07, 6.45) is 5.57. The molecule has 0 bridgehead atoms. The maximum Gasteiger partial charge on any atom is -0.0210 e. The van der Waals surface area contributed by atoms with Crippen molar-refractivity contribution in [3.05, 3.63) is 0 Å². The van der Waals surface area contributed by atoms with Gasteiger partial charge >= 0.3 is 0 Å². The van der Waals surface area contributed by atoms with Gasteiger partial charge in [-0.2, -0.15) is 0 Å². The van der Waals surface area contributed by atoms with E-state index in [2.05, 4.69) is 41.5 Å². The van der Waals surface area contributed by atoms with Gasteiger partial charge in [0.25, 0.3) is 0 Å². The van der Waals surface area contributed by atoms with E-state index in [4.69, 9.17) is 0 Å². The average molecular weight is 210 g/mol. The Bertz CT molecular complexity index is 194. The average Bonchev–Trinajstić information content (AvgIpc) is 2.87. The lowest BCUT2D eigenvalue weighted by Gasteiger charge is -2.25. The molecule has 0 aromatic carbocycles. The first kappa shape index (κ1) is 13.1. The molecule has 0 saturated heterocycles. The Hall–Kier alpha value is 0. The first-order valence-electron chi connectivity index (χ1n) is 7.06. The lowest BCUT2D eigenvalue weighted by Crippen LogP contribution is -2.17. The molecule has 4 unspecified atom stereocenters. The van der Waals surface area contributed by atoms with Crippen LogP contribution in [0.25, 0.3) is 0 Å². The summed E-state index contributed by atoms with van der Waals surface area (Å²) in [6, 6.07) is 0. The maximum atomic E-state index is 2.50. The molecule has 0 nitrogen and oxygen atoms in total. The van der Waals surface area contributed by atoms with Gasteiger partial charge in [-0.3, -0.25) is 0 Å². The third-order valence-corrected chi connectivity index (χ3v) is 5.04. The number of hydrogen-bond acceptors (Lipinski definition) is 0. The molecular formula is C15H30. The minimum Gasteiger partial charge on any atom is -0.0654 e. The van der Waals surface area contributed by atoms with E-state index in [1.807, 2.05) is 0 Å². The van der Waals surface area contributed by atoms with Crippen molar-refractivity contribution in [3.63, 3.8) is 0 Å². The molecule has 0 spiro atoms. The van der Waals surface area contributed by atoms with E-state index in [9.17, 15) is 0 Å². The molecule has 1 rings (SSSR count). The van der Waals surface area contributed by atoms with Crippen LogP contribution in [0.1, 0.15) is 67.2 Å². The Kier molecular flexibility index (Phi) is 4.26. The van der Waals surface area contributed by atoms with Gasteiger partial charge in [0.2, 0.25) is 0 Å². The van der Waals surface area contributed by atoms with Crippen LogP contribution in [0.4, 0.5) is 0 Å². The molecule has 4 atom stereocenters. The fraction of sp³-hybridized carbons (Fsp3) is 1.00. The molecule has 1 aliphatic carbocycles. The Labute approximate surface area is 96.8 Å². The Balaban J connectivity index is 2.77. The highest BCUT2D eigenvalue weighted by molar-refractivity contribution is 5.12. The van der Waals surface area contributed by atoms with Crippen molar-refractivity contribution < 1.29 is 0 Å². The van der Waals surface area contributed by atoms with Gasteiger partial charge in [-0.05, 0) is 35.5 Å². The maximum absolute atomic E-state index is 2.50. The molecule has 0 heteroatoms. The first-order chi connectivity index (χ1) is 7.06. The smallest absolute Gasteiger partial charge is 0.0210 e. The Morgan fingerprint density at radius 2 is 1.67 bits per heavy atom. The molecular weight excluding hydrogens is 180 g/mol. The summed E-state index contributed by atoms with van der Waals surface area (Å²) in [5, 5.41) is 0. The zero-order valence-electron chi connectivity index (χ0n) is 11.6. The van der Waals surface area contributed by atoms with Crippen molar-refractivity contribution >= 4 is 0 Å². The summed E-state index contributed by atoms with van der Waals surface area (Å²) in [5.74, 6) is 3.84. The molecule has 0 aliphatic heterocycles. The second kappa shape index (κ2) is 4.89. The van der Waals surface area contributed by atoms with Crippen molar-refractivity contribution in [1.82, 2.24) is 0 Å². The molecule has 1 saturated carbocycles. The highest BCUT2D eigenvalue weighted by atomic mass is 14.7. The molecule has 90 valence electrons. The highest BCUT2D eigenvalue weighted by Crippen LogP contribution is 2.70. The van der Waals surface area contributed by atoms with Gasteiger partial charge in [0.05, 0.1) is 0 Å². The number of rotatable bonds is 6. The van der Waals surface area contributed by atoms with E-state index in [0.717, 1.165) is 23.7 Å². The molecule has 1 fully saturated rings. The standard InChI is InChI=1S/C15H30/c1-7-10-12(6)15(9-3)13(8-2)14(15)11(4)5/h11-14H,7-10H2,1-6H3. The summed E-state index contributed by atoms with van der Waals surface area (Å²) in [4.78, 5) is 0. The van der Waals surface area contributed by atoms with Gasteiger partial charge < -0.3 is 0 Å². The van der Waals surface area contributed by atoms with Crippen LogP contribution >= 0.6 is 0 Å². The molecule has 0 N–H and O–H groups in total. The van der Waals surface area contributed by atoms with Crippen LogP contribution in [0.5, 0.6) is 0 Å². The predicted octanol–water partition coefficient (Wildman–Crippen LogP) is 5.13. The van der Waals surface area contributed by atoms with Crippen LogP contribution in [0.2, 0.25) is 0 Å². The van der Waals surface area contributed by atoms with Crippen molar-refractivity contribution in [3.8, 4) is 0 Å². The SMILES string of the molecule is CCCC(C)C1(CC)C(CC)C1C(C)C. The van der Waals surface area contributed by atoms with Crippen LogP contribution in [0.3, 0.4) is 0 Å². The largest absolute Gasteiger partial charge is 0.0654 e. The zero-order valence-corrected chi connectivity index (χ0v) is 11.6. The van der Waals surface area contributed by atoms with Crippen LogP contribution in [-0.4, -0.2) is 0 Å². The summed E-state index contributed by atoms with van der Waals surface area (Å²) >= 11 is 0. The fourth-order valence-corrected chi connectivity index (χ4v) is 4.53. The van der Waals surface area contributed by atoms with Gasteiger partial charge in [-0.15, -0.1) is 0 Å². The van der Waals surface area contributed by atoms with Crippen molar-refractivity contribution in [2.45, 2.75) is 67.2 Å². The van der Waals surface area contributed by atoms with Gasteiger partial charge in [0.1, 0.15) is 0 Å². The van der Waals surface area contributed by atoms with Gasteiger partial charge in [-0.1, -0.05) is 60.8 Å². The first-order valence-corrected chi connectivity index (χ1v) is 7.06. The third kappa shape index (κ3) is 1.97. The minimum atomic E-state index is 0.707. The molecule has 0 radical (unpaired) electrons. The van der Waals surface area contributed by atoms with Crippen LogP contribution in [-0.2, 0) is 0 Å². The van der Waals surface area contributed by atoms with E-state index in [1.54, 1.807) is 0 Å². The normalized spacial score (nSPS) is 37.0. The van der Waals surface area contributed by atoms with Crippen LogP contribution < -0.4 is 0 Å². The molecule has 0 aromatic rings. The van der Waals surface area contributed by atoms with E-state index < -0.39 is 0 Å². The topological polar surface area (TPSA) is 0 Å². The summed E-state index contributed by atoms with van der Waals surface area (Å²) in [6.45, 7) is 14.5. The van der Waals surface area contributed by atoms with Gasteiger partial charge in [-0.25, -0.2) is 0 Å².